The summed E-state index contributed by atoms with van der Waals surface area (Å²) >= 11 is 3.53. The molecule has 0 bridgehead atoms. The van der Waals surface area contributed by atoms with Gasteiger partial charge < -0.3 is 0 Å². The summed E-state index contributed by atoms with van der Waals surface area (Å²) in [6.07, 6.45) is 7.23. The molecule has 0 saturated carbocycles. The van der Waals surface area contributed by atoms with E-state index in [1.165, 1.54) is 25.7 Å². The van der Waals surface area contributed by atoms with Crippen LogP contribution in [0.4, 0.5) is 0 Å². The van der Waals surface area contributed by atoms with E-state index in [2.05, 4.69) is 33.4 Å². The van der Waals surface area contributed by atoms with Crippen molar-refractivity contribution in [2.75, 3.05) is 6.26 Å². The molecule has 0 N–H and O–H groups in total. The average molecular weight is 192 g/mol. The monoisotopic (exact) mass is 192 g/mol. The third-order valence-electron chi connectivity index (χ3n) is 1.75. The van der Waals surface area contributed by atoms with Gasteiger partial charge in [-0.25, -0.2) is 0 Å². The van der Waals surface area contributed by atoms with Gasteiger partial charge in [0.05, 0.1) is 0 Å². The van der Waals surface area contributed by atoms with Gasteiger partial charge in [0, 0.05) is 0 Å². The number of rotatable bonds is 4. The Morgan fingerprint density at radius 3 is 1.75 bits per heavy atom. The number of thiol groups is 1. The molecule has 1 atom stereocenters. The lowest BCUT2D eigenvalue weighted by Crippen LogP contribution is -1.89. The fourth-order valence-corrected chi connectivity index (χ4v) is 0.757. The minimum absolute atomic E-state index is 0.954. The fraction of sp³-hybridized carbons (Fsp3) is 1.00. The Labute approximate surface area is 85.6 Å². The largest absolute Gasteiger partial charge is 0.183 e. The average Bonchev–Trinajstić information content (AvgIpc) is 2.20. The van der Waals surface area contributed by atoms with E-state index in [9.17, 15) is 0 Å². The third-order valence-corrected chi connectivity index (χ3v) is 1.75. The van der Waals surface area contributed by atoms with Crippen LogP contribution < -0.4 is 0 Å². The van der Waals surface area contributed by atoms with Crippen molar-refractivity contribution in [2.45, 2.75) is 60.3 Å². The molecule has 0 rings (SSSR count). The van der Waals surface area contributed by atoms with E-state index in [0.717, 1.165) is 5.92 Å². The minimum atomic E-state index is 0.954. The van der Waals surface area contributed by atoms with Gasteiger partial charge in [-0.2, -0.15) is 12.6 Å². The molecule has 0 aliphatic carbocycles. The first kappa shape index (κ1) is 18.2. The lowest BCUT2D eigenvalue weighted by molar-refractivity contribution is 0.492. The van der Waals surface area contributed by atoms with Crippen molar-refractivity contribution in [1.82, 2.24) is 0 Å². The highest BCUT2D eigenvalue weighted by molar-refractivity contribution is 7.79. The maximum atomic E-state index is 3.53. The Hall–Kier alpha value is 0.350. The normalized spacial score (nSPS) is 10.2. The number of unbranched alkanes of at least 4 members (excludes halogenated alkanes) is 1. The van der Waals surface area contributed by atoms with Gasteiger partial charge in [-0.3, -0.25) is 0 Å². The zero-order valence-electron chi connectivity index (χ0n) is 9.85. The van der Waals surface area contributed by atoms with Gasteiger partial charge in [-0.15, -0.1) is 0 Å². The topological polar surface area (TPSA) is 0 Å². The van der Waals surface area contributed by atoms with Gasteiger partial charge in [-0.1, -0.05) is 60.3 Å². The molecule has 0 saturated heterocycles. The fourth-order valence-electron chi connectivity index (χ4n) is 0.757. The molecule has 0 heterocycles. The SMILES string of the molecule is CC.CCCCC(C)CC.CS. The van der Waals surface area contributed by atoms with Crippen molar-refractivity contribution in [3.63, 3.8) is 0 Å². The van der Waals surface area contributed by atoms with Crippen LogP contribution in [0.15, 0.2) is 0 Å². The third kappa shape index (κ3) is 22.4. The van der Waals surface area contributed by atoms with Crippen LogP contribution in [0.25, 0.3) is 0 Å². The molecule has 78 valence electrons. The van der Waals surface area contributed by atoms with E-state index in [0.29, 0.717) is 0 Å². The highest BCUT2D eigenvalue weighted by atomic mass is 32.1. The van der Waals surface area contributed by atoms with Crippen molar-refractivity contribution in [3.8, 4) is 0 Å². The maximum Gasteiger partial charge on any atom is -0.0215 e. The van der Waals surface area contributed by atoms with Crippen LogP contribution in [0.1, 0.15) is 60.3 Å². The van der Waals surface area contributed by atoms with Crippen LogP contribution in [-0.2, 0) is 0 Å². The van der Waals surface area contributed by atoms with Gasteiger partial charge in [0.15, 0.2) is 0 Å². The Balaban J connectivity index is -0.000000175. The van der Waals surface area contributed by atoms with Crippen molar-refractivity contribution in [3.05, 3.63) is 0 Å². The van der Waals surface area contributed by atoms with Crippen molar-refractivity contribution in [2.24, 2.45) is 5.92 Å². The molecule has 0 amide bonds. The Kier molecular flexibility index (Phi) is 34.1. The second kappa shape index (κ2) is 22.5. The summed E-state index contributed by atoms with van der Waals surface area (Å²) in [6.45, 7) is 10.8. The van der Waals surface area contributed by atoms with Crippen molar-refractivity contribution < 1.29 is 0 Å². The second-order valence-electron chi connectivity index (χ2n) is 2.66. The lowest BCUT2D eigenvalue weighted by atomic mass is 10.0. The van der Waals surface area contributed by atoms with Crippen LogP contribution in [-0.4, -0.2) is 6.26 Å². The summed E-state index contributed by atoms with van der Waals surface area (Å²) in [5.41, 5.74) is 0. The molecule has 0 fully saturated rings. The zero-order chi connectivity index (χ0) is 10.4. The standard InChI is InChI=1S/C8H18.C2H6.CH4S/c1-4-6-7-8(3)5-2;2*1-2/h8H,4-7H2,1-3H3;1-2H3;2H,1H3. The molecule has 0 nitrogen and oxygen atoms in total. The van der Waals surface area contributed by atoms with E-state index in [4.69, 9.17) is 0 Å². The Morgan fingerprint density at radius 1 is 1.08 bits per heavy atom. The van der Waals surface area contributed by atoms with Gasteiger partial charge in [0.25, 0.3) is 0 Å². The molecule has 0 aliphatic rings. The van der Waals surface area contributed by atoms with Crippen LogP contribution in [0.2, 0.25) is 0 Å². The van der Waals surface area contributed by atoms with Gasteiger partial charge in [0.1, 0.15) is 0 Å². The highest BCUT2D eigenvalue weighted by Crippen LogP contribution is 2.09. The molecule has 0 aromatic heterocycles. The van der Waals surface area contributed by atoms with Crippen molar-refractivity contribution >= 4 is 12.6 Å². The van der Waals surface area contributed by atoms with Gasteiger partial charge in [-0.05, 0) is 12.2 Å². The van der Waals surface area contributed by atoms with Gasteiger partial charge >= 0.3 is 0 Å². The number of hydrogen-bond acceptors (Lipinski definition) is 1. The quantitative estimate of drug-likeness (QED) is 0.608. The molecule has 1 unspecified atom stereocenters. The second-order valence-corrected chi connectivity index (χ2v) is 2.66. The molecule has 0 aliphatic heterocycles. The first-order chi connectivity index (χ1) is 5.81. The smallest absolute Gasteiger partial charge is 0.0215 e. The minimum Gasteiger partial charge on any atom is -0.183 e. The highest BCUT2D eigenvalue weighted by Gasteiger charge is 1.94. The van der Waals surface area contributed by atoms with Crippen LogP contribution in [0, 0.1) is 5.92 Å². The summed E-state index contributed by atoms with van der Waals surface area (Å²) in [7, 11) is 0. The van der Waals surface area contributed by atoms with Gasteiger partial charge in [0.2, 0.25) is 0 Å². The molecule has 0 aromatic carbocycles. The van der Waals surface area contributed by atoms with E-state index in [1.807, 2.05) is 13.8 Å². The van der Waals surface area contributed by atoms with Crippen LogP contribution in [0.3, 0.4) is 0 Å². The summed E-state index contributed by atoms with van der Waals surface area (Å²) < 4.78 is 0. The first-order valence-electron chi connectivity index (χ1n) is 5.26. The summed E-state index contributed by atoms with van der Waals surface area (Å²) in [4.78, 5) is 0. The van der Waals surface area contributed by atoms with Crippen LogP contribution >= 0.6 is 12.6 Å². The molecule has 1 heteroatoms. The lowest BCUT2D eigenvalue weighted by Gasteiger charge is -2.04. The summed E-state index contributed by atoms with van der Waals surface area (Å²) in [6, 6.07) is 0. The van der Waals surface area contributed by atoms with Crippen LogP contribution in [0.5, 0.6) is 0 Å². The maximum absolute atomic E-state index is 3.53. The molecule has 0 aromatic rings. The summed E-state index contributed by atoms with van der Waals surface area (Å²) in [5, 5.41) is 0. The predicted molar refractivity (Wildman–Crippen MR) is 65.2 cm³/mol. The summed E-state index contributed by atoms with van der Waals surface area (Å²) in [5.74, 6) is 0.954. The zero-order valence-corrected chi connectivity index (χ0v) is 10.7. The molecule has 12 heavy (non-hydrogen) atoms. The van der Waals surface area contributed by atoms with E-state index in [1.54, 1.807) is 6.26 Å². The molecule has 0 radical (unpaired) electrons. The van der Waals surface area contributed by atoms with E-state index in [-0.39, 0.29) is 0 Å². The predicted octanol–water partition coefficient (Wildman–Crippen LogP) is 4.79. The first-order valence-corrected chi connectivity index (χ1v) is 6.15. The molecular formula is C11H28S. The molecular weight excluding hydrogens is 164 g/mol. The van der Waals surface area contributed by atoms with Crippen molar-refractivity contribution in [1.29, 1.82) is 0 Å². The van der Waals surface area contributed by atoms with E-state index < -0.39 is 0 Å². The number of hydrogen-bond donors (Lipinski definition) is 1. The Bertz CT molecular complexity index is 44.3. The Morgan fingerprint density at radius 2 is 1.50 bits per heavy atom. The van der Waals surface area contributed by atoms with E-state index >= 15 is 0 Å². The molecule has 0 spiro atoms.